The van der Waals surface area contributed by atoms with Gasteiger partial charge in [0.25, 0.3) is 0 Å². The number of halogens is 1. The quantitative estimate of drug-likeness (QED) is 0.198. The Balaban J connectivity index is 1.55. The van der Waals surface area contributed by atoms with Gasteiger partial charge in [-0.2, -0.15) is 9.61 Å². The van der Waals surface area contributed by atoms with Crippen LogP contribution in [0.15, 0.2) is 42.5 Å². The van der Waals surface area contributed by atoms with Crippen molar-refractivity contribution in [3.8, 4) is 28.1 Å². The molecule has 3 aliphatic heterocycles. The number of nitrogens with zero attached hydrogens (tertiary/aromatic N) is 4. The molecule has 0 N–H and O–H groups in total. The molecule has 9 nitrogen and oxygen atoms in total. The highest BCUT2D eigenvalue weighted by molar-refractivity contribution is 6.31. The van der Waals surface area contributed by atoms with E-state index < -0.39 is 17.7 Å². The zero-order valence-corrected chi connectivity index (χ0v) is 30.8. The lowest BCUT2D eigenvalue weighted by Crippen LogP contribution is -2.46. The number of piperidine rings is 1. The summed E-state index contributed by atoms with van der Waals surface area (Å²) in [6, 6.07) is 14.3. The summed E-state index contributed by atoms with van der Waals surface area (Å²) in [5.74, 6) is 1.08. The number of benzene rings is 2. The first kappa shape index (κ1) is 35.2. The third-order valence-electron chi connectivity index (χ3n) is 9.59. The van der Waals surface area contributed by atoms with E-state index in [0.29, 0.717) is 28.5 Å². The standard InChI is InChI=1S/C39H49ClN4O5/c1-24-20-29-27-13-11-14-28(21-27)31-23-33-41-26(3)34(35(37(45)46-8)49-38(4,5)6)36(44(33)42-31)43-17-15-39(7,16-18-43)47-19-10-9-12-25(2)48-32(29)22-30(24)40/h11,13-14,20-23,25,35H,9-10,12,15-19H2,1-8H3/t25-,35-/m0/s1. The molecule has 0 amide bonds. The third-order valence-corrected chi connectivity index (χ3v) is 9.99. The molecule has 3 aliphatic rings. The first-order chi connectivity index (χ1) is 23.2. The minimum atomic E-state index is -0.989. The molecule has 0 aliphatic carbocycles. The molecule has 262 valence electrons. The Labute approximate surface area is 294 Å². The van der Waals surface area contributed by atoms with Crippen molar-refractivity contribution in [1.82, 2.24) is 14.6 Å². The van der Waals surface area contributed by atoms with Gasteiger partial charge in [-0.1, -0.05) is 29.8 Å². The molecule has 7 rings (SSSR count). The molecule has 0 radical (unpaired) electrons. The lowest BCUT2D eigenvalue weighted by Gasteiger charge is -2.41. The van der Waals surface area contributed by atoms with Crippen LogP contribution >= 0.6 is 11.6 Å². The van der Waals surface area contributed by atoms with E-state index in [1.807, 2.05) is 57.3 Å². The minimum absolute atomic E-state index is 0.0153. The molecule has 2 atom stereocenters. The van der Waals surface area contributed by atoms with Crippen LogP contribution in [0, 0.1) is 13.8 Å². The fraction of sp³-hybridized carbons (Fsp3) is 0.513. The van der Waals surface area contributed by atoms with Crippen LogP contribution in [0.1, 0.15) is 89.6 Å². The van der Waals surface area contributed by atoms with Crippen LogP contribution in [-0.4, -0.2) is 64.7 Å². The lowest BCUT2D eigenvalue weighted by atomic mass is 9.92. The Morgan fingerprint density at radius 2 is 1.82 bits per heavy atom. The Bertz CT molecular complexity index is 1840. The van der Waals surface area contributed by atoms with Gasteiger partial charge in [0.2, 0.25) is 0 Å². The van der Waals surface area contributed by atoms with Crippen LogP contribution in [-0.2, 0) is 19.0 Å². The molecule has 10 heteroatoms. The van der Waals surface area contributed by atoms with Gasteiger partial charge in [0.05, 0.1) is 35.7 Å². The molecule has 1 fully saturated rings. The molecule has 0 saturated carbocycles. The number of rotatable bonds is 3. The van der Waals surface area contributed by atoms with Crippen molar-refractivity contribution in [2.75, 3.05) is 31.7 Å². The van der Waals surface area contributed by atoms with E-state index in [0.717, 1.165) is 84.7 Å². The molecular weight excluding hydrogens is 640 g/mol. The third kappa shape index (κ3) is 7.59. The van der Waals surface area contributed by atoms with E-state index in [9.17, 15) is 4.79 Å². The van der Waals surface area contributed by atoms with Crippen molar-refractivity contribution in [3.05, 3.63) is 64.3 Å². The number of methoxy groups -OCH3 is 1. The average molecular weight is 689 g/mol. The molecule has 2 aromatic carbocycles. The normalized spacial score (nSPS) is 20.9. The maximum Gasteiger partial charge on any atom is 0.339 e. The van der Waals surface area contributed by atoms with Gasteiger partial charge in [-0.05, 0) is 110 Å². The molecular formula is C39H49ClN4O5. The van der Waals surface area contributed by atoms with Crippen molar-refractivity contribution >= 4 is 29.0 Å². The molecule has 1 saturated heterocycles. The van der Waals surface area contributed by atoms with E-state index in [2.05, 4.69) is 43.0 Å². The van der Waals surface area contributed by atoms with E-state index in [4.69, 9.17) is 40.6 Å². The van der Waals surface area contributed by atoms with Crippen LogP contribution in [0.2, 0.25) is 5.02 Å². The number of hydrogen-bond donors (Lipinski definition) is 0. The van der Waals surface area contributed by atoms with Gasteiger partial charge in [0.15, 0.2) is 11.8 Å². The highest BCUT2D eigenvalue weighted by atomic mass is 35.5. The number of esters is 1. The topological polar surface area (TPSA) is 87.4 Å². The van der Waals surface area contributed by atoms with Crippen LogP contribution in [0.3, 0.4) is 0 Å². The number of ether oxygens (including phenoxy) is 4. The summed E-state index contributed by atoms with van der Waals surface area (Å²) in [7, 11) is 1.39. The first-order valence-electron chi connectivity index (χ1n) is 17.4. The number of fused-ring (bicyclic) bond motifs is 8. The van der Waals surface area contributed by atoms with Crippen LogP contribution < -0.4 is 9.64 Å². The summed E-state index contributed by atoms with van der Waals surface area (Å²) >= 11 is 6.62. The second-order valence-electron chi connectivity index (χ2n) is 14.8. The van der Waals surface area contributed by atoms with Gasteiger partial charge >= 0.3 is 5.97 Å². The van der Waals surface area contributed by atoms with Crippen molar-refractivity contribution in [2.24, 2.45) is 0 Å². The summed E-state index contributed by atoms with van der Waals surface area (Å²) < 4.78 is 26.7. The summed E-state index contributed by atoms with van der Waals surface area (Å²) in [5, 5.41) is 5.85. The highest BCUT2D eigenvalue weighted by Gasteiger charge is 2.38. The summed E-state index contributed by atoms with van der Waals surface area (Å²) in [6.07, 6.45) is 3.53. The number of anilines is 1. The summed E-state index contributed by atoms with van der Waals surface area (Å²) in [5.41, 5.74) is 5.83. The zero-order chi connectivity index (χ0) is 35.1. The van der Waals surface area contributed by atoms with Gasteiger partial charge in [0, 0.05) is 47.6 Å². The zero-order valence-electron chi connectivity index (χ0n) is 30.1. The number of carbonyl (C=O) groups excluding carboxylic acids is 1. The maximum absolute atomic E-state index is 13.4. The SMILES string of the molecule is COC(=O)[C@@H](OC(C)(C)C)c1c(C)nc2cc3nn2c1N1CCC(C)(CC1)OCCCC[C@H](C)Oc1cc(Cl)c(C)cc1-c1cccc-3c1. The first-order valence-corrected chi connectivity index (χ1v) is 17.8. The van der Waals surface area contributed by atoms with Crippen molar-refractivity contribution in [1.29, 1.82) is 0 Å². The number of hydrogen-bond acceptors (Lipinski definition) is 8. The van der Waals surface area contributed by atoms with E-state index in [1.165, 1.54) is 7.11 Å². The average Bonchev–Trinajstić information content (AvgIpc) is 3.47. The summed E-state index contributed by atoms with van der Waals surface area (Å²) in [6.45, 7) is 16.2. The molecule has 49 heavy (non-hydrogen) atoms. The molecule has 2 aromatic heterocycles. The number of carbonyl (C=O) groups is 1. The fourth-order valence-electron chi connectivity index (χ4n) is 6.85. The van der Waals surface area contributed by atoms with Gasteiger partial charge < -0.3 is 23.8 Å². The Kier molecular flexibility index (Phi) is 10.00. The number of aromatic nitrogens is 3. The van der Waals surface area contributed by atoms with Gasteiger partial charge in [-0.3, -0.25) is 0 Å². The van der Waals surface area contributed by atoms with Crippen LogP contribution in [0.4, 0.5) is 5.82 Å². The molecule has 5 heterocycles. The predicted octanol–water partition coefficient (Wildman–Crippen LogP) is 8.69. The van der Waals surface area contributed by atoms with Gasteiger partial charge in [-0.15, -0.1) is 0 Å². The molecule has 4 aromatic rings. The largest absolute Gasteiger partial charge is 0.490 e. The van der Waals surface area contributed by atoms with Gasteiger partial charge in [0.1, 0.15) is 11.6 Å². The monoisotopic (exact) mass is 688 g/mol. The van der Waals surface area contributed by atoms with Crippen LogP contribution in [0.25, 0.3) is 28.0 Å². The van der Waals surface area contributed by atoms with E-state index in [-0.39, 0.29) is 11.7 Å². The molecule has 6 bridgehead atoms. The van der Waals surface area contributed by atoms with E-state index in [1.54, 1.807) is 0 Å². The Hall–Kier alpha value is -3.66. The maximum atomic E-state index is 13.4. The second kappa shape index (κ2) is 13.9. The van der Waals surface area contributed by atoms with Crippen molar-refractivity contribution < 1.29 is 23.7 Å². The van der Waals surface area contributed by atoms with Gasteiger partial charge in [-0.25, -0.2) is 9.78 Å². The van der Waals surface area contributed by atoms with E-state index >= 15 is 0 Å². The fourth-order valence-corrected chi connectivity index (χ4v) is 7.00. The van der Waals surface area contributed by atoms with Crippen LogP contribution in [0.5, 0.6) is 5.75 Å². The van der Waals surface area contributed by atoms with Crippen molar-refractivity contribution in [2.45, 2.75) is 104 Å². The second-order valence-corrected chi connectivity index (χ2v) is 15.2. The predicted molar refractivity (Wildman–Crippen MR) is 194 cm³/mol. The lowest BCUT2D eigenvalue weighted by molar-refractivity contribution is -0.164. The number of aryl methyl sites for hydroxylation is 2. The highest BCUT2D eigenvalue weighted by Crippen LogP contribution is 2.40. The Morgan fingerprint density at radius 1 is 1.08 bits per heavy atom. The minimum Gasteiger partial charge on any atom is -0.490 e. The molecule has 0 spiro atoms. The molecule has 0 unspecified atom stereocenters. The smallest absolute Gasteiger partial charge is 0.339 e. The Morgan fingerprint density at radius 3 is 2.53 bits per heavy atom. The summed E-state index contributed by atoms with van der Waals surface area (Å²) in [4.78, 5) is 20.7. The van der Waals surface area contributed by atoms with Crippen molar-refractivity contribution in [3.63, 3.8) is 0 Å².